The molecule has 2 aliphatic rings. The van der Waals surface area contributed by atoms with Gasteiger partial charge in [0.1, 0.15) is 11.3 Å². The van der Waals surface area contributed by atoms with Gasteiger partial charge in [-0.3, -0.25) is 9.59 Å². The number of carbonyl (C=O) groups excluding carboxylic acids is 1. The minimum Gasteiger partial charge on any atom is -0.497 e. The summed E-state index contributed by atoms with van der Waals surface area (Å²) in [6, 6.07) is 7.28. The monoisotopic (exact) mass is 397 g/mol. The fourth-order valence-corrected chi connectivity index (χ4v) is 5.27. The predicted octanol–water partition coefficient (Wildman–Crippen LogP) is 0.940. The molecule has 7 nitrogen and oxygen atoms in total. The highest BCUT2D eigenvalue weighted by Gasteiger charge is 2.59. The van der Waals surface area contributed by atoms with Crippen molar-refractivity contribution >= 4 is 5.91 Å². The van der Waals surface area contributed by atoms with Crippen LogP contribution in [0.15, 0.2) is 29.1 Å². The Morgan fingerprint density at radius 1 is 1.31 bits per heavy atom. The SMILES string of the molecule is COc1ccc(C)c(C23CCNC(C)C2(O)Cc2cc(C(N)=O)c(=O)[nH]c2C3)c1. The Balaban J connectivity index is 1.96. The van der Waals surface area contributed by atoms with Gasteiger partial charge in [0.15, 0.2) is 0 Å². The first kappa shape index (κ1) is 19.7. The highest BCUT2D eigenvalue weighted by Crippen LogP contribution is 2.51. The number of aromatic amines is 1. The fourth-order valence-electron chi connectivity index (χ4n) is 5.27. The van der Waals surface area contributed by atoms with Gasteiger partial charge in [0, 0.05) is 30.0 Å². The van der Waals surface area contributed by atoms with Crippen molar-refractivity contribution in [3.8, 4) is 5.75 Å². The van der Waals surface area contributed by atoms with Crippen LogP contribution in [0.5, 0.6) is 5.75 Å². The van der Waals surface area contributed by atoms with Gasteiger partial charge in [-0.05, 0) is 61.7 Å². The standard InChI is InChI=1S/C22H27N3O4/c1-12-4-5-15(29-3)9-17(12)21-6-7-24-13(2)22(21,28)10-14-8-16(19(23)26)20(27)25-18(14)11-21/h4-5,8-9,13,24,28H,6-7,10-11H2,1-3H3,(H2,23,26)(H,25,27). The summed E-state index contributed by atoms with van der Waals surface area (Å²) >= 11 is 0. The number of H-pyrrole nitrogens is 1. The van der Waals surface area contributed by atoms with Gasteiger partial charge in [0.05, 0.1) is 12.7 Å². The molecule has 1 aliphatic carbocycles. The van der Waals surface area contributed by atoms with Crippen molar-refractivity contribution in [2.75, 3.05) is 13.7 Å². The molecule has 4 rings (SSSR count). The first-order valence-electron chi connectivity index (χ1n) is 9.87. The zero-order valence-corrected chi connectivity index (χ0v) is 17.0. The normalized spacial score (nSPS) is 28.3. The Bertz CT molecular complexity index is 1050. The van der Waals surface area contributed by atoms with Crippen LogP contribution in [0.1, 0.15) is 46.1 Å². The van der Waals surface area contributed by atoms with E-state index in [0.29, 0.717) is 19.3 Å². The Labute approximate surface area is 169 Å². The lowest BCUT2D eigenvalue weighted by Crippen LogP contribution is -2.70. The van der Waals surface area contributed by atoms with Gasteiger partial charge in [-0.1, -0.05) is 6.07 Å². The molecule has 1 amide bonds. The third-order valence-corrected chi connectivity index (χ3v) is 6.93. The van der Waals surface area contributed by atoms with Crippen LogP contribution < -0.4 is 21.3 Å². The molecule has 2 aromatic rings. The molecule has 5 N–H and O–H groups in total. The molecule has 1 fully saturated rings. The van der Waals surface area contributed by atoms with Crippen LogP contribution >= 0.6 is 0 Å². The molecule has 3 unspecified atom stereocenters. The largest absolute Gasteiger partial charge is 0.497 e. The number of hydrogen-bond acceptors (Lipinski definition) is 5. The van der Waals surface area contributed by atoms with E-state index in [0.717, 1.165) is 34.7 Å². The number of carbonyl (C=O) groups is 1. The number of amides is 1. The third kappa shape index (κ3) is 2.80. The van der Waals surface area contributed by atoms with E-state index in [2.05, 4.69) is 10.3 Å². The average Bonchev–Trinajstić information content (AvgIpc) is 2.67. The van der Waals surface area contributed by atoms with Crippen LogP contribution in [0, 0.1) is 6.92 Å². The Kier molecular flexibility index (Phi) is 4.55. The van der Waals surface area contributed by atoms with Gasteiger partial charge in [0.25, 0.3) is 11.5 Å². The first-order valence-corrected chi connectivity index (χ1v) is 9.87. The summed E-state index contributed by atoms with van der Waals surface area (Å²) in [6.45, 7) is 4.76. The highest BCUT2D eigenvalue weighted by molar-refractivity contribution is 5.92. The molecule has 1 aromatic heterocycles. The summed E-state index contributed by atoms with van der Waals surface area (Å²) in [5.41, 5.74) is 6.70. The number of nitrogens with two attached hydrogens (primary N) is 1. The van der Waals surface area contributed by atoms with Gasteiger partial charge in [-0.2, -0.15) is 0 Å². The topological polar surface area (TPSA) is 117 Å². The van der Waals surface area contributed by atoms with Gasteiger partial charge in [-0.15, -0.1) is 0 Å². The van der Waals surface area contributed by atoms with Crippen LogP contribution in [0.25, 0.3) is 0 Å². The van der Waals surface area contributed by atoms with Crippen molar-refractivity contribution in [3.63, 3.8) is 0 Å². The number of aryl methyl sites for hydroxylation is 1. The number of aliphatic hydroxyl groups is 1. The van der Waals surface area contributed by atoms with Crippen molar-refractivity contribution in [1.82, 2.24) is 10.3 Å². The molecule has 1 aromatic carbocycles. The maximum Gasteiger partial charge on any atom is 0.261 e. The van der Waals surface area contributed by atoms with E-state index < -0.39 is 22.5 Å². The molecule has 0 saturated carbocycles. The second-order valence-electron chi connectivity index (χ2n) is 8.35. The van der Waals surface area contributed by atoms with Crippen molar-refractivity contribution in [1.29, 1.82) is 0 Å². The maximum atomic E-state index is 12.4. The van der Waals surface area contributed by atoms with Gasteiger partial charge in [-0.25, -0.2) is 0 Å². The van der Waals surface area contributed by atoms with Crippen LogP contribution in [0.4, 0.5) is 0 Å². The smallest absolute Gasteiger partial charge is 0.261 e. The highest BCUT2D eigenvalue weighted by atomic mass is 16.5. The van der Waals surface area contributed by atoms with Crippen LogP contribution in [-0.2, 0) is 18.3 Å². The maximum absolute atomic E-state index is 12.4. The minimum atomic E-state index is -1.11. The lowest BCUT2D eigenvalue weighted by molar-refractivity contribution is -0.0944. The third-order valence-electron chi connectivity index (χ3n) is 6.93. The zero-order valence-electron chi connectivity index (χ0n) is 17.0. The zero-order chi connectivity index (χ0) is 21.0. The van der Waals surface area contributed by atoms with Crippen LogP contribution in [-0.4, -0.2) is 41.3 Å². The summed E-state index contributed by atoms with van der Waals surface area (Å²) in [5.74, 6) is -0.0341. The summed E-state index contributed by atoms with van der Waals surface area (Å²) in [4.78, 5) is 26.9. The number of rotatable bonds is 3. The van der Waals surface area contributed by atoms with E-state index in [1.807, 2.05) is 32.0 Å². The van der Waals surface area contributed by atoms with Crippen LogP contribution in [0.2, 0.25) is 0 Å². The summed E-state index contributed by atoms with van der Waals surface area (Å²) in [7, 11) is 1.63. The molecular formula is C22H27N3O4. The second kappa shape index (κ2) is 6.71. The lowest BCUT2D eigenvalue weighted by Gasteiger charge is -2.57. The number of piperidine rings is 1. The number of nitrogens with one attached hydrogen (secondary N) is 2. The number of primary amides is 1. The molecular weight excluding hydrogens is 370 g/mol. The fraction of sp³-hybridized carbons (Fsp3) is 0.455. The minimum absolute atomic E-state index is 0.0752. The first-order chi connectivity index (χ1) is 13.7. The van der Waals surface area contributed by atoms with E-state index >= 15 is 0 Å². The predicted molar refractivity (Wildman–Crippen MR) is 109 cm³/mol. The summed E-state index contributed by atoms with van der Waals surface area (Å²) in [6.07, 6.45) is 1.48. The molecule has 1 aliphatic heterocycles. The van der Waals surface area contributed by atoms with E-state index in [1.165, 1.54) is 6.07 Å². The number of benzene rings is 1. The number of hydrogen-bond donors (Lipinski definition) is 4. The van der Waals surface area contributed by atoms with E-state index in [1.54, 1.807) is 7.11 Å². The molecule has 29 heavy (non-hydrogen) atoms. The van der Waals surface area contributed by atoms with Crippen molar-refractivity contribution in [2.45, 2.75) is 50.2 Å². The summed E-state index contributed by atoms with van der Waals surface area (Å²) in [5, 5.41) is 15.5. The Morgan fingerprint density at radius 2 is 2.07 bits per heavy atom. The van der Waals surface area contributed by atoms with Crippen molar-refractivity contribution in [2.24, 2.45) is 5.73 Å². The lowest BCUT2D eigenvalue weighted by atomic mass is 9.53. The van der Waals surface area contributed by atoms with E-state index in [4.69, 9.17) is 10.5 Å². The molecule has 0 spiro atoms. The molecule has 0 radical (unpaired) electrons. The van der Waals surface area contributed by atoms with Gasteiger partial charge in [0.2, 0.25) is 0 Å². The van der Waals surface area contributed by atoms with Gasteiger partial charge >= 0.3 is 0 Å². The number of pyridine rings is 1. The quantitative estimate of drug-likeness (QED) is 0.615. The molecule has 2 heterocycles. The van der Waals surface area contributed by atoms with Gasteiger partial charge < -0.3 is 25.9 Å². The molecule has 3 atom stereocenters. The number of ether oxygens (including phenoxy) is 1. The second-order valence-corrected chi connectivity index (χ2v) is 8.35. The van der Waals surface area contributed by atoms with Crippen LogP contribution in [0.3, 0.4) is 0 Å². The van der Waals surface area contributed by atoms with Crippen molar-refractivity contribution < 1.29 is 14.6 Å². The molecule has 7 heteroatoms. The molecule has 0 bridgehead atoms. The Hall–Kier alpha value is -2.64. The van der Waals surface area contributed by atoms with Crippen molar-refractivity contribution in [3.05, 3.63) is 62.6 Å². The number of aromatic nitrogens is 1. The van der Waals surface area contributed by atoms with E-state index in [-0.39, 0.29) is 11.6 Å². The average molecular weight is 397 g/mol. The number of methoxy groups -OCH3 is 1. The number of fused-ring (bicyclic) bond motifs is 2. The Morgan fingerprint density at radius 3 is 2.76 bits per heavy atom. The summed E-state index contributed by atoms with van der Waals surface area (Å²) < 4.78 is 5.46. The van der Waals surface area contributed by atoms with E-state index in [9.17, 15) is 14.7 Å². The molecule has 1 saturated heterocycles. The molecule has 154 valence electrons.